The van der Waals surface area contributed by atoms with Crippen LogP contribution < -0.4 is 28.7 Å². The van der Waals surface area contributed by atoms with Crippen LogP contribution in [0.4, 0.5) is 0 Å². The zero-order valence-electron chi connectivity index (χ0n) is 20.6. The van der Waals surface area contributed by atoms with E-state index in [2.05, 4.69) is 123 Å². The van der Waals surface area contributed by atoms with Crippen LogP contribution in [-0.2, 0) is 23.8 Å². The second kappa shape index (κ2) is 11.3. The summed E-state index contributed by atoms with van der Waals surface area (Å²) in [6.07, 6.45) is 9.15. The van der Waals surface area contributed by atoms with Gasteiger partial charge in [-0.25, -0.2) is 0 Å². The largest absolute Gasteiger partial charge is 1.00 e. The van der Waals surface area contributed by atoms with E-state index in [1.807, 2.05) is 0 Å². The Morgan fingerprint density at radius 2 is 1.31 bits per heavy atom. The molecule has 0 spiro atoms. The molecule has 0 nitrogen and oxygen atoms in total. The van der Waals surface area contributed by atoms with Crippen molar-refractivity contribution in [2.45, 2.75) is 26.7 Å². The second-order valence-electron chi connectivity index (χ2n) is 9.49. The smallest absolute Gasteiger partial charge is 1.00 e. The van der Waals surface area contributed by atoms with Gasteiger partial charge in [0.05, 0.1) is 0 Å². The van der Waals surface area contributed by atoms with Crippen LogP contribution in [0, 0.1) is 0 Å². The van der Waals surface area contributed by atoms with Crippen molar-refractivity contribution >= 4 is 7.68 Å². The topological polar surface area (TPSA) is 0 Å². The Morgan fingerprint density at radius 3 is 1.94 bits per heavy atom. The van der Waals surface area contributed by atoms with Crippen molar-refractivity contribution in [3.63, 3.8) is 0 Å². The molecule has 2 aliphatic rings. The summed E-state index contributed by atoms with van der Waals surface area (Å²) >= 11 is -1.82. The van der Waals surface area contributed by atoms with Gasteiger partial charge in [-0.05, 0) is 0 Å². The van der Waals surface area contributed by atoms with Crippen molar-refractivity contribution in [3.05, 3.63) is 124 Å². The van der Waals surface area contributed by atoms with Crippen LogP contribution >= 0.6 is 0 Å². The monoisotopic (exact) mass is 542 g/mol. The van der Waals surface area contributed by atoms with E-state index >= 15 is 0 Å². The molecule has 178 valence electrons. The molecule has 0 atom stereocenters. The van der Waals surface area contributed by atoms with E-state index in [0.717, 1.165) is 12.8 Å². The van der Waals surface area contributed by atoms with Gasteiger partial charge in [0.15, 0.2) is 0 Å². The summed E-state index contributed by atoms with van der Waals surface area (Å²) in [6.45, 7) is 4.75. The van der Waals surface area contributed by atoms with E-state index in [4.69, 9.17) is 0 Å². The third-order valence-corrected chi connectivity index (χ3v) is 11.9. The van der Waals surface area contributed by atoms with Gasteiger partial charge in [0.2, 0.25) is 0 Å². The van der Waals surface area contributed by atoms with Crippen molar-refractivity contribution in [1.29, 1.82) is 0 Å². The minimum absolute atomic E-state index is 0. The molecule has 2 aliphatic carbocycles. The number of fused-ring (bicyclic) bond motifs is 3. The Morgan fingerprint density at radius 1 is 0.667 bits per heavy atom. The van der Waals surface area contributed by atoms with Crippen molar-refractivity contribution in [2.75, 3.05) is 0 Å². The fourth-order valence-electron chi connectivity index (χ4n) is 5.60. The summed E-state index contributed by atoms with van der Waals surface area (Å²) in [5, 5.41) is 0. The van der Waals surface area contributed by atoms with Gasteiger partial charge < -0.3 is 24.8 Å². The van der Waals surface area contributed by atoms with E-state index in [9.17, 15) is 0 Å². The van der Waals surface area contributed by atoms with Gasteiger partial charge in [-0.1, -0.05) is 0 Å². The summed E-state index contributed by atoms with van der Waals surface area (Å²) in [7, 11) is 0. The number of allylic oxidation sites excluding steroid dienone is 4. The van der Waals surface area contributed by atoms with Gasteiger partial charge in [-0.3, -0.25) is 0 Å². The van der Waals surface area contributed by atoms with Gasteiger partial charge in [-0.15, -0.1) is 0 Å². The van der Waals surface area contributed by atoms with Crippen LogP contribution in [0.25, 0.3) is 33.4 Å². The normalized spacial score (nSPS) is 12.4. The Hall–Kier alpha value is -2.48. The molecule has 4 aromatic rings. The molecule has 0 unspecified atom stereocenters. The number of rotatable bonds is 4. The first-order valence-corrected chi connectivity index (χ1v) is 14.5. The van der Waals surface area contributed by atoms with Crippen LogP contribution in [0.1, 0.15) is 31.4 Å². The van der Waals surface area contributed by atoms with Crippen molar-refractivity contribution in [2.24, 2.45) is 0 Å². The number of benzene rings is 4. The molecule has 0 bridgehead atoms. The first-order valence-electron chi connectivity index (χ1n) is 12.1. The van der Waals surface area contributed by atoms with Gasteiger partial charge in [0.1, 0.15) is 0 Å². The predicted octanol–water partition coefficient (Wildman–Crippen LogP) is 1.90. The molecular formula is C33H28Cl2Ti. The SMILES string of the molecule is C[C](C)=[Ti+2]([C]1=CC=CC1)[c]1c(-c2ccccc2)ccc2c1Cc1cc(-c3ccccc3)ccc1-2.[Cl-].[Cl-]. The molecule has 6 rings (SSSR count). The molecular weight excluding hydrogens is 515 g/mol. The zero-order valence-corrected chi connectivity index (χ0v) is 23.6. The third-order valence-electron chi connectivity index (χ3n) is 7.11. The van der Waals surface area contributed by atoms with Crippen LogP contribution in [0.3, 0.4) is 0 Å². The zero-order chi connectivity index (χ0) is 23.1. The maximum Gasteiger partial charge on any atom is -1.00 e. The average Bonchev–Trinajstić information content (AvgIpc) is 3.53. The first-order chi connectivity index (χ1) is 16.7. The Balaban J connectivity index is 0.00000152. The fourth-order valence-corrected chi connectivity index (χ4v) is 10.4. The van der Waals surface area contributed by atoms with Crippen LogP contribution in [-0.4, -0.2) is 3.81 Å². The van der Waals surface area contributed by atoms with Crippen molar-refractivity contribution < 1.29 is 42.2 Å². The van der Waals surface area contributed by atoms with Gasteiger partial charge in [0.25, 0.3) is 0 Å². The fraction of sp³-hybridized carbons (Fsp3) is 0.121. The van der Waals surface area contributed by atoms with E-state index in [1.165, 1.54) is 38.9 Å². The summed E-state index contributed by atoms with van der Waals surface area (Å²) in [5.41, 5.74) is 11.3. The third kappa shape index (κ3) is 4.76. The molecule has 0 radical (unpaired) electrons. The minimum Gasteiger partial charge on any atom is -1.00 e. The molecule has 4 aromatic carbocycles. The van der Waals surface area contributed by atoms with E-state index in [0.29, 0.717) is 0 Å². The molecule has 0 heterocycles. The molecule has 0 aromatic heterocycles. The van der Waals surface area contributed by atoms with Gasteiger partial charge in [-0.2, -0.15) is 0 Å². The molecule has 0 amide bonds. The van der Waals surface area contributed by atoms with Crippen LogP contribution in [0.5, 0.6) is 0 Å². The van der Waals surface area contributed by atoms with Crippen LogP contribution in [0.2, 0.25) is 0 Å². The number of halogens is 2. The summed E-state index contributed by atoms with van der Waals surface area (Å²) in [6, 6.07) is 33.7. The maximum absolute atomic E-state index is 2.43. The first kappa shape index (κ1) is 26.6. The molecule has 0 aliphatic heterocycles. The van der Waals surface area contributed by atoms with E-state index in [1.54, 1.807) is 17.1 Å². The van der Waals surface area contributed by atoms with E-state index in [-0.39, 0.29) is 24.8 Å². The Kier molecular flexibility index (Phi) is 8.33. The Labute approximate surface area is 233 Å². The summed E-state index contributed by atoms with van der Waals surface area (Å²) in [4.78, 5) is 0. The quantitative estimate of drug-likeness (QED) is 0.304. The minimum atomic E-state index is -1.82. The maximum atomic E-state index is 2.43. The molecule has 3 heteroatoms. The molecule has 0 saturated heterocycles. The van der Waals surface area contributed by atoms with Crippen molar-refractivity contribution in [1.82, 2.24) is 0 Å². The summed E-state index contributed by atoms with van der Waals surface area (Å²) in [5.74, 6) is 0. The van der Waals surface area contributed by atoms with Gasteiger partial charge in [0, 0.05) is 0 Å². The van der Waals surface area contributed by atoms with E-state index < -0.39 is 17.4 Å². The molecule has 0 saturated carbocycles. The second-order valence-corrected chi connectivity index (χ2v) is 14.0. The van der Waals surface area contributed by atoms with Crippen LogP contribution in [0.15, 0.2) is 113 Å². The Bertz CT molecular complexity index is 1490. The standard InChI is InChI=1S/C25H17.C5H5.C3H6.2ClH.Ti/c1-3-7-18(8-4-1)20-11-13-24-22(15-20)17-23-16-21(12-14-25(23)24)19-9-5-2-6-10-19;1-2-4-5-3-1;1-3-2;;;/h1-15H,17H2;1-3H,4H2;1-2H3;2*1H;/q;;;;;+2/p-2. The van der Waals surface area contributed by atoms with Gasteiger partial charge >= 0.3 is 209 Å². The molecule has 36 heavy (non-hydrogen) atoms. The summed E-state index contributed by atoms with van der Waals surface area (Å²) < 4.78 is 4.96. The molecule has 0 N–H and O–H groups in total. The predicted molar refractivity (Wildman–Crippen MR) is 143 cm³/mol. The van der Waals surface area contributed by atoms with Crippen molar-refractivity contribution in [3.8, 4) is 33.4 Å². The number of hydrogen-bond acceptors (Lipinski definition) is 0. The number of hydrogen-bond donors (Lipinski definition) is 0. The average molecular weight is 543 g/mol. The molecule has 0 fully saturated rings.